The van der Waals surface area contributed by atoms with E-state index in [1.54, 1.807) is 0 Å². The van der Waals surface area contributed by atoms with E-state index in [2.05, 4.69) is 5.32 Å². The monoisotopic (exact) mass is 565 g/mol. The molecule has 212 valence electrons. The maximum Gasteiger partial charge on any atom is 0.325 e. The highest BCUT2D eigenvalue weighted by atomic mass is 16.5. The number of phenols is 4. The molecule has 0 aliphatic heterocycles. The number of hydrogen-bond acceptors (Lipinski definition) is 11. The molecule has 13 nitrogen and oxygen atoms in total. The molecule has 8 N–H and O–H groups in total. The van der Waals surface area contributed by atoms with E-state index in [9.17, 15) is 54.9 Å². The van der Waals surface area contributed by atoms with Gasteiger partial charge in [0.05, 0.1) is 29.4 Å². The lowest BCUT2D eigenvalue weighted by Crippen LogP contribution is -2.38. The average molecular weight is 565 g/mol. The first-order valence-electron chi connectivity index (χ1n) is 12.1. The summed E-state index contributed by atoms with van der Waals surface area (Å²) in [5.74, 6) is -7.82. The van der Waals surface area contributed by atoms with Gasteiger partial charge in [0.1, 0.15) is 47.0 Å². The van der Waals surface area contributed by atoms with Gasteiger partial charge in [0.15, 0.2) is 5.78 Å². The fourth-order valence-electron chi connectivity index (χ4n) is 5.47. The highest BCUT2D eigenvalue weighted by molar-refractivity contribution is 6.32. The molecule has 0 aromatic heterocycles. The zero-order chi connectivity index (χ0) is 30.2. The normalized spacial score (nSPS) is 17.6. The Kier molecular flexibility index (Phi) is 6.16. The predicted molar refractivity (Wildman–Crippen MR) is 138 cm³/mol. The van der Waals surface area contributed by atoms with E-state index in [-0.39, 0.29) is 16.7 Å². The number of rotatable bonds is 4. The van der Waals surface area contributed by atoms with Gasteiger partial charge < -0.3 is 45.8 Å². The number of amides is 1. The molecule has 0 bridgehead atoms. The van der Waals surface area contributed by atoms with Crippen molar-refractivity contribution >= 4 is 23.4 Å². The smallest absolute Gasteiger partial charge is 0.325 e. The van der Waals surface area contributed by atoms with Crippen LogP contribution in [0.2, 0.25) is 0 Å². The second-order valence-corrected chi connectivity index (χ2v) is 9.77. The summed E-state index contributed by atoms with van der Waals surface area (Å²) in [5, 5.41) is 76.7. The molecule has 0 saturated carbocycles. The van der Waals surface area contributed by atoms with Gasteiger partial charge in [0, 0.05) is 28.3 Å². The Morgan fingerprint density at radius 3 is 2.15 bits per heavy atom. The number of aliphatic carboxylic acids is 1. The summed E-state index contributed by atoms with van der Waals surface area (Å²) in [5.41, 5.74) is -3.79. The van der Waals surface area contributed by atoms with Crippen LogP contribution in [0.4, 0.5) is 0 Å². The van der Waals surface area contributed by atoms with E-state index in [0.717, 1.165) is 19.2 Å². The van der Waals surface area contributed by atoms with Crippen molar-refractivity contribution in [2.24, 2.45) is 0 Å². The molecule has 13 heteroatoms. The molecule has 5 rings (SSSR count). The van der Waals surface area contributed by atoms with Gasteiger partial charge in [-0.05, 0) is 31.0 Å². The van der Waals surface area contributed by atoms with Crippen LogP contribution >= 0.6 is 0 Å². The first-order chi connectivity index (χ1) is 19.2. The van der Waals surface area contributed by atoms with Gasteiger partial charge in [-0.25, -0.2) is 0 Å². The fraction of sp³-hybridized carbons (Fsp3) is 0.214. The van der Waals surface area contributed by atoms with E-state index < -0.39 is 109 Å². The number of nitrogens with one attached hydrogen (secondary N) is 1. The summed E-state index contributed by atoms with van der Waals surface area (Å²) >= 11 is 0. The SMILES string of the molecule is COc1c2c(c(O)c3c1[C@H](O)[C@@H](O)c1cc(C)c(C(=O)N[C@@H](C)C(=O)O)c(O)c1-3)C(=O)c1cc(O)cc(O)c1C2=O. The Bertz CT molecular complexity index is 1740. The largest absolute Gasteiger partial charge is 0.508 e. The topological polar surface area (TPSA) is 231 Å². The van der Waals surface area contributed by atoms with Crippen molar-refractivity contribution in [2.45, 2.75) is 32.1 Å². The number of benzene rings is 3. The van der Waals surface area contributed by atoms with E-state index >= 15 is 0 Å². The van der Waals surface area contributed by atoms with Gasteiger partial charge in [-0.3, -0.25) is 19.2 Å². The lowest BCUT2D eigenvalue weighted by atomic mass is 9.73. The van der Waals surface area contributed by atoms with Crippen LogP contribution < -0.4 is 10.1 Å². The average Bonchev–Trinajstić information content (AvgIpc) is 2.89. The second-order valence-electron chi connectivity index (χ2n) is 9.77. The maximum atomic E-state index is 13.6. The highest BCUT2D eigenvalue weighted by Gasteiger charge is 2.46. The number of hydrogen-bond donors (Lipinski definition) is 8. The summed E-state index contributed by atoms with van der Waals surface area (Å²) in [4.78, 5) is 51.5. The Labute approximate surface area is 230 Å². The van der Waals surface area contributed by atoms with Crippen molar-refractivity contribution in [3.05, 3.63) is 62.7 Å². The quantitative estimate of drug-likeness (QED) is 0.176. The molecule has 0 unspecified atom stereocenters. The minimum absolute atomic E-state index is 0.0848. The number of aliphatic hydroxyl groups excluding tert-OH is 2. The van der Waals surface area contributed by atoms with Crippen LogP contribution in [0.1, 0.15) is 78.0 Å². The number of ether oxygens (including phenoxy) is 1. The predicted octanol–water partition coefficient (Wildman–Crippen LogP) is 1.55. The van der Waals surface area contributed by atoms with Crippen molar-refractivity contribution < 1.29 is 59.7 Å². The minimum atomic E-state index is -1.87. The first-order valence-corrected chi connectivity index (χ1v) is 12.1. The number of aliphatic hydroxyl groups is 2. The molecule has 0 radical (unpaired) electrons. The fourth-order valence-corrected chi connectivity index (χ4v) is 5.47. The van der Waals surface area contributed by atoms with Crippen LogP contribution in [0, 0.1) is 6.92 Å². The number of phenolic OH excluding ortho intramolecular Hbond substituents is 4. The van der Waals surface area contributed by atoms with Crippen LogP contribution in [0.15, 0.2) is 18.2 Å². The molecular weight excluding hydrogens is 542 g/mol. The zero-order valence-corrected chi connectivity index (χ0v) is 21.6. The Morgan fingerprint density at radius 1 is 0.878 bits per heavy atom. The van der Waals surface area contributed by atoms with E-state index in [1.807, 2.05) is 0 Å². The molecule has 41 heavy (non-hydrogen) atoms. The third kappa shape index (κ3) is 3.70. The Balaban J connectivity index is 1.87. The van der Waals surface area contributed by atoms with Crippen LogP contribution in [0.25, 0.3) is 11.1 Å². The highest BCUT2D eigenvalue weighted by Crippen LogP contribution is 2.58. The second kappa shape index (κ2) is 9.21. The summed E-state index contributed by atoms with van der Waals surface area (Å²) in [6, 6.07) is 1.65. The summed E-state index contributed by atoms with van der Waals surface area (Å²) in [6.45, 7) is 2.58. The van der Waals surface area contributed by atoms with Crippen LogP contribution in [-0.2, 0) is 4.79 Å². The molecule has 2 aliphatic carbocycles. The Hall–Kier alpha value is -5.14. The molecular formula is C28H23NO12. The molecule has 3 aromatic carbocycles. The molecule has 2 aliphatic rings. The molecule has 0 spiro atoms. The van der Waals surface area contributed by atoms with Gasteiger partial charge in [-0.1, -0.05) is 6.07 Å². The van der Waals surface area contributed by atoms with E-state index in [0.29, 0.717) is 0 Å². The van der Waals surface area contributed by atoms with Gasteiger partial charge in [-0.2, -0.15) is 0 Å². The lowest BCUT2D eigenvalue weighted by Gasteiger charge is -2.34. The number of aromatic hydroxyl groups is 4. The van der Waals surface area contributed by atoms with Gasteiger partial charge in [-0.15, -0.1) is 0 Å². The number of carbonyl (C=O) groups is 4. The van der Waals surface area contributed by atoms with Crippen LogP contribution in [0.3, 0.4) is 0 Å². The van der Waals surface area contributed by atoms with Crippen LogP contribution in [0.5, 0.6) is 28.7 Å². The number of carboxylic acids is 1. The lowest BCUT2D eigenvalue weighted by molar-refractivity contribution is -0.138. The van der Waals surface area contributed by atoms with Crippen molar-refractivity contribution in [1.82, 2.24) is 5.32 Å². The van der Waals surface area contributed by atoms with E-state index in [4.69, 9.17) is 4.74 Å². The number of carboxylic acid groups (broad SMARTS) is 1. The number of ketones is 2. The van der Waals surface area contributed by atoms with Gasteiger partial charge in [0.25, 0.3) is 5.91 Å². The summed E-state index contributed by atoms with van der Waals surface area (Å²) in [6.07, 6.45) is -3.65. The summed E-state index contributed by atoms with van der Waals surface area (Å²) < 4.78 is 5.40. The maximum absolute atomic E-state index is 13.6. The molecule has 0 heterocycles. The van der Waals surface area contributed by atoms with Gasteiger partial charge >= 0.3 is 5.97 Å². The molecule has 0 saturated heterocycles. The van der Waals surface area contributed by atoms with E-state index in [1.165, 1.54) is 19.9 Å². The van der Waals surface area contributed by atoms with Crippen molar-refractivity contribution in [3.8, 4) is 39.9 Å². The molecule has 3 atom stereocenters. The van der Waals surface area contributed by atoms with Crippen LogP contribution in [-0.4, -0.2) is 72.3 Å². The number of fused-ring (bicyclic) bond motifs is 5. The molecule has 0 fully saturated rings. The molecule has 1 amide bonds. The minimum Gasteiger partial charge on any atom is -0.508 e. The third-order valence-electron chi connectivity index (χ3n) is 7.33. The first kappa shape index (κ1) is 27.4. The van der Waals surface area contributed by atoms with Gasteiger partial charge in [0.2, 0.25) is 5.78 Å². The molecule has 3 aromatic rings. The third-order valence-corrected chi connectivity index (χ3v) is 7.33. The van der Waals surface area contributed by atoms with Crippen molar-refractivity contribution in [3.63, 3.8) is 0 Å². The Morgan fingerprint density at radius 2 is 1.54 bits per heavy atom. The van der Waals surface area contributed by atoms with Crippen molar-refractivity contribution in [2.75, 3.05) is 7.11 Å². The number of carbonyl (C=O) groups excluding carboxylic acids is 3. The van der Waals surface area contributed by atoms with Crippen molar-refractivity contribution in [1.29, 1.82) is 0 Å². The number of aryl methyl sites for hydroxylation is 1. The number of methoxy groups -OCH3 is 1. The standard InChI is InChI=1S/C28H23NO12/c1-7-4-10-15(22(34)13(7)27(38)29-8(2)28(39)40)16-18(25(37)21(10)33)26(41-3)19-17(24(16)36)20(32)11-5-9(30)6-12(31)14(11)23(19)35/h4-6,8,21,25,30-31,33-34,36-37H,1-3H3,(H,29,38)(H,39,40)/t8-,21-,25-/m0/s1. The summed E-state index contributed by atoms with van der Waals surface area (Å²) in [7, 11) is 1.09. The zero-order valence-electron chi connectivity index (χ0n) is 21.6.